The Labute approximate surface area is 206 Å². The maximum absolute atomic E-state index is 13.3. The fourth-order valence-corrected chi connectivity index (χ4v) is 4.88. The zero-order valence-corrected chi connectivity index (χ0v) is 20.0. The van der Waals surface area contributed by atoms with Gasteiger partial charge in [0, 0.05) is 32.4 Å². The van der Waals surface area contributed by atoms with E-state index in [0.29, 0.717) is 41.2 Å². The van der Waals surface area contributed by atoms with Crippen LogP contribution < -0.4 is 21.3 Å². The molecule has 0 bridgehead atoms. The Bertz CT molecular complexity index is 1330. The minimum Gasteiger partial charge on any atom is -0.395 e. The van der Waals surface area contributed by atoms with Gasteiger partial charge in [0.15, 0.2) is 16.6 Å². The van der Waals surface area contributed by atoms with Crippen molar-refractivity contribution in [2.75, 3.05) is 41.8 Å². The quantitative estimate of drug-likeness (QED) is 0.290. The first-order valence-electron chi connectivity index (χ1n) is 11.6. The first-order valence-corrected chi connectivity index (χ1v) is 12.4. The van der Waals surface area contributed by atoms with Crippen LogP contribution in [0.2, 0.25) is 0 Å². The molecule has 0 spiro atoms. The molecule has 12 heteroatoms. The highest BCUT2D eigenvalue weighted by Gasteiger charge is 2.21. The molecule has 4 aromatic heterocycles. The van der Waals surface area contributed by atoms with Gasteiger partial charge in [0.1, 0.15) is 17.8 Å². The van der Waals surface area contributed by atoms with E-state index in [9.17, 15) is 4.79 Å². The number of nitrogens with one attached hydrogen (secondary N) is 2. The van der Waals surface area contributed by atoms with Crippen LogP contribution in [0.4, 0.5) is 16.6 Å². The Kier molecular flexibility index (Phi) is 6.84. The second-order valence-electron chi connectivity index (χ2n) is 8.21. The minimum atomic E-state index is -0.325. The van der Waals surface area contributed by atoms with E-state index in [1.165, 1.54) is 17.8 Å². The molecule has 1 saturated heterocycles. The van der Waals surface area contributed by atoms with Gasteiger partial charge in [0.25, 0.3) is 5.91 Å². The standard InChI is InChI=1S/C23H27N9O2S/c24-12-15-13-32(14-26-15)19-6-4-5-16(27-19)22(34)28-17-11-18-20(30-23(35-18)25-7-10-33)29-21(17)31-8-2-1-3-9-31/h4-6,11,13-14,33H,1-3,7-10,12,24H2,(H,28,34)(H,25,29,30). The number of fused-ring (bicyclic) bond motifs is 1. The number of aliphatic hydroxyl groups excluding tert-OH is 1. The van der Waals surface area contributed by atoms with E-state index < -0.39 is 0 Å². The molecule has 182 valence electrons. The summed E-state index contributed by atoms with van der Waals surface area (Å²) in [5.74, 6) is 0.966. The van der Waals surface area contributed by atoms with Crippen LogP contribution in [-0.2, 0) is 6.54 Å². The Morgan fingerprint density at radius 3 is 2.80 bits per heavy atom. The third kappa shape index (κ3) is 5.09. The van der Waals surface area contributed by atoms with Gasteiger partial charge in [-0.05, 0) is 37.5 Å². The molecule has 0 saturated carbocycles. The summed E-state index contributed by atoms with van der Waals surface area (Å²) in [7, 11) is 0. The van der Waals surface area contributed by atoms with Gasteiger partial charge in [-0.3, -0.25) is 9.36 Å². The number of aromatic nitrogens is 5. The average molecular weight is 494 g/mol. The minimum absolute atomic E-state index is 0.0162. The van der Waals surface area contributed by atoms with Gasteiger partial charge in [-0.25, -0.2) is 19.9 Å². The first kappa shape index (κ1) is 23.1. The van der Waals surface area contributed by atoms with Crippen molar-refractivity contribution in [2.24, 2.45) is 5.73 Å². The maximum atomic E-state index is 13.3. The van der Waals surface area contributed by atoms with Crippen LogP contribution in [0.15, 0.2) is 36.8 Å². The normalized spacial score (nSPS) is 13.8. The number of thiazole rings is 1. The number of pyridine rings is 2. The molecule has 1 aliphatic heterocycles. The summed E-state index contributed by atoms with van der Waals surface area (Å²) >= 11 is 1.43. The molecule has 0 unspecified atom stereocenters. The highest BCUT2D eigenvalue weighted by Crippen LogP contribution is 2.34. The number of imidazole rings is 1. The van der Waals surface area contributed by atoms with Crippen LogP contribution in [0.3, 0.4) is 0 Å². The molecule has 5 rings (SSSR count). The molecule has 0 radical (unpaired) electrons. The monoisotopic (exact) mass is 493 g/mol. The van der Waals surface area contributed by atoms with Gasteiger partial charge in [-0.1, -0.05) is 17.4 Å². The third-order valence-electron chi connectivity index (χ3n) is 5.73. The number of hydrogen-bond donors (Lipinski definition) is 4. The number of piperidine rings is 1. The highest BCUT2D eigenvalue weighted by molar-refractivity contribution is 7.22. The van der Waals surface area contributed by atoms with Crippen molar-refractivity contribution in [1.82, 2.24) is 24.5 Å². The lowest BCUT2D eigenvalue weighted by Crippen LogP contribution is -2.31. The van der Waals surface area contributed by atoms with E-state index in [4.69, 9.17) is 15.8 Å². The number of carbonyl (C=O) groups excluding carboxylic acids is 1. The molecular formula is C23H27N9O2S. The van der Waals surface area contributed by atoms with Crippen molar-refractivity contribution in [1.29, 1.82) is 0 Å². The van der Waals surface area contributed by atoms with Crippen molar-refractivity contribution in [2.45, 2.75) is 25.8 Å². The maximum Gasteiger partial charge on any atom is 0.274 e. The molecule has 0 aliphatic carbocycles. The lowest BCUT2D eigenvalue weighted by Gasteiger charge is -2.29. The Morgan fingerprint density at radius 2 is 2.03 bits per heavy atom. The fourth-order valence-electron chi connectivity index (χ4n) is 4.01. The van der Waals surface area contributed by atoms with Crippen LogP contribution in [-0.4, -0.2) is 61.8 Å². The van der Waals surface area contributed by atoms with Gasteiger partial charge in [-0.15, -0.1) is 0 Å². The molecule has 4 aromatic rings. The molecule has 0 aromatic carbocycles. The van der Waals surface area contributed by atoms with Crippen LogP contribution in [0.25, 0.3) is 16.2 Å². The van der Waals surface area contributed by atoms with Crippen molar-refractivity contribution >= 4 is 44.2 Å². The average Bonchev–Trinajstić information content (AvgIpc) is 3.54. The molecule has 1 fully saturated rings. The first-order chi connectivity index (χ1) is 17.1. The largest absolute Gasteiger partial charge is 0.395 e. The number of aliphatic hydroxyl groups is 1. The molecule has 0 atom stereocenters. The molecule has 1 amide bonds. The van der Waals surface area contributed by atoms with Gasteiger partial charge in [0.05, 0.1) is 22.7 Å². The number of rotatable bonds is 8. The summed E-state index contributed by atoms with van der Waals surface area (Å²) < 4.78 is 2.58. The lowest BCUT2D eigenvalue weighted by atomic mass is 10.1. The predicted octanol–water partition coefficient (Wildman–Crippen LogP) is 2.38. The summed E-state index contributed by atoms with van der Waals surface area (Å²) in [5.41, 5.74) is 7.92. The van der Waals surface area contributed by atoms with Crippen molar-refractivity contribution in [3.8, 4) is 5.82 Å². The van der Waals surface area contributed by atoms with Gasteiger partial charge < -0.3 is 26.4 Å². The second-order valence-corrected chi connectivity index (χ2v) is 9.24. The molecule has 5 heterocycles. The van der Waals surface area contributed by atoms with Gasteiger partial charge in [0.2, 0.25) is 0 Å². The zero-order chi connectivity index (χ0) is 24.2. The predicted molar refractivity (Wildman–Crippen MR) is 136 cm³/mol. The van der Waals surface area contributed by atoms with Crippen molar-refractivity contribution in [3.05, 3.63) is 48.2 Å². The van der Waals surface area contributed by atoms with Gasteiger partial charge in [-0.2, -0.15) is 0 Å². The number of nitrogens with two attached hydrogens (primary N) is 1. The number of nitrogens with zero attached hydrogens (tertiary/aromatic N) is 6. The zero-order valence-electron chi connectivity index (χ0n) is 19.1. The highest BCUT2D eigenvalue weighted by atomic mass is 32.1. The molecule has 11 nitrogen and oxygen atoms in total. The number of amides is 1. The van der Waals surface area contributed by atoms with Crippen molar-refractivity contribution in [3.63, 3.8) is 0 Å². The van der Waals surface area contributed by atoms with Crippen molar-refractivity contribution < 1.29 is 9.90 Å². The topological polar surface area (TPSA) is 147 Å². The van der Waals surface area contributed by atoms with E-state index in [-0.39, 0.29) is 18.2 Å². The van der Waals surface area contributed by atoms with Crippen LogP contribution in [0.5, 0.6) is 0 Å². The summed E-state index contributed by atoms with van der Waals surface area (Å²) in [6.07, 6.45) is 6.76. The number of anilines is 3. The van der Waals surface area contributed by atoms with E-state index in [2.05, 4.69) is 30.5 Å². The van der Waals surface area contributed by atoms with E-state index >= 15 is 0 Å². The number of carbonyl (C=O) groups is 1. The Balaban J connectivity index is 1.46. The SMILES string of the molecule is NCc1cn(-c2cccc(C(=O)Nc3cc4sc(NCCO)nc4nc3N3CCCCC3)n2)cn1. The summed E-state index contributed by atoms with van der Waals surface area (Å²) in [4.78, 5) is 33.6. The second kappa shape index (κ2) is 10.3. The van der Waals surface area contributed by atoms with Crippen LogP contribution in [0.1, 0.15) is 35.4 Å². The lowest BCUT2D eigenvalue weighted by molar-refractivity contribution is 0.102. The summed E-state index contributed by atoms with van der Waals surface area (Å²) in [5, 5.41) is 15.9. The fraction of sp³-hybridized carbons (Fsp3) is 0.348. The molecule has 1 aliphatic rings. The smallest absolute Gasteiger partial charge is 0.274 e. The van der Waals surface area contributed by atoms with Gasteiger partial charge >= 0.3 is 0 Å². The van der Waals surface area contributed by atoms with Crippen LogP contribution >= 0.6 is 11.3 Å². The Morgan fingerprint density at radius 1 is 1.17 bits per heavy atom. The molecule has 5 N–H and O–H groups in total. The summed E-state index contributed by atoms with van der Waals surface area (Å²) in [6, 6.07) is 7.19. The van der Waals surface area contributed by atoms with Crippen LogP contribution in [0, 0.1) is 0 Å². The number of hydrogen-bond acceptors (Lipinski definition) is 10. The Hall–Kier alpha value is -3.61. The van der Waals surface area contributed by atoms with E-state index in [1.54, 1.807) is 29.2 Å². The third-order valence-corrected chi connectivity index (χ3v) is 6.68. The molecular weight excluding hydrogens is 466 g/mol. The summed E-state index contributed by atoms with van der Waals surface area (Å²) in [6.45, 7) is 2.51. The van der Waals surface area contributed by atoms with E-state index in [0.717, 1.165) is 36.3 Å². The van der Waals surface area contributed by atoms with E-state index in [1.807, 2.05) is 12.1 Å². The molecule has 35 heavy (non-hydrogen) atoms.